The fourth-order valence-electron chi connectivity index (χ4n) is 2.44. The fourth-order valence-corrected chi connectivity index (χ4v) is 2.44. The van der Waals surface area contributed by atoms with E-state index in [1.807, 2.05) is 18.2 Å². The molecule has 0 heterocycles. The van der Waals surface area contributed by atoms with E-state index in [0.29, 0.717) is 19.2 Å². The quantitative estimate of drug-likeness (QED) is 0.782. The Morgan fingerprint density at radius 3 is 2.63 bits per heavy atom. The topological polar surface area (TPSA) is 49.8 Å². The van der Waals surface area contributed by atoms with Crippen LogP contribution in [0.25, 0.3) is 0 Å². The Hall–Kier alpha value is -1.39. The highest BCUT2D eigenvalue weighted by Crippen LogP contribution is 2.34. The maximum Gasteiger partial charge on any atom is 0.304 e. The molecule has 0 radical (unpaired) electrons. The van der Waals surface area contributed by atoms with Crippen LogP contribution in [0.5, 0.6) is 0 Å². The van der Waals surface area contributed by atoms with Crippen molar-refractivity contribution in [1.82, 2.24) is 4.90 Å². The second-order valence-corrected chi connectivity index (χ2v) is 4.99. The standard InChI is InChI=1S/C15H21NO3/c1-19-11-14(12-5-3-2-4-6-12)16(13-7-8-13)10-9-15(17)18/h2-6,13-14H,7-11H2,1H3,(H,17,18). The maximum absolute atomic E-state index is 10.8. The normalized spacial score (nSPS) is 16.5. The fraction of sp³-hybridized carbons (Fsp3) is 0.533. The lowest BCUT2D eigenvalue weighted by Gasteiger charge is -2.31. The molecule has 0 aromatic heterocycles. The van der Waals surface area contributed by atoms with Crippen LogP contribution in [-0.2, 0) is 9.53 Å². The number of aliphatic carboxylic acids is 1. The van der Waals surface area contributed by atoms with Crippen LogP contribution >= 0.6 is 0 Å². The zero-order valence-electron chi connectivity index (χ0n) is 11.3. The molecule has 4 heteroatoms. The van der Waals surface area contributed by atoms with Crippen LogP contribution in [0.4, 0.5) is 0 Å². The van der Waals surface area contributed by atoms with Gasteiger partial charge in [0.2, 0.25) is 0 Å². The zero-order valence-corrected chi connectivity index (χ0v) is 11.3. The molecule has 0 spiro atoms. The predicted molar refractivity (Wildman–Crippen MR) is 73.0 cm³/mol. The largest absolute Gasteiger partial charge is 0.481 e. The first-order chi connectivity index (χ1) is 9.22. The van der Waals surface area contributed by atoms with E-state index < -0.39 is 5.97 Å². The summed E-state index contributed by atoms with van der Waals surface area (Å²) in [4.78, 5) is 13.1. The minimum absolute atomic E-state index is 0.151. The van der Waals surface area contributed by atoms with Crippen molar-refractivity contribution in [2.24, 2.45) is 0 Å². The van der Waals surface area contributed by atoms with E-state index in [-0.39, 0.29) is 12.5 Å². The molecule has 1 N–H and O–H groups in total. The molecule has 104 valence electrons. The van der Waals surface area contributed by atoms with Gasteiger partial charge in [-0.15, -0.1) is 0 Å². The van der Waals surface area contributed by atoms with Crippen LogP contribution in [-0.4, -0.2) is 42.3 Å². The Labute approximate surface area is 114 Å². The van der Waals surface area contributed by atoms with E-state index in [2.05, 4.69) is 17.0 Å². The first kappa shape index (κ1) is 14.0. The van der Waals surface area contributed by atoms with E-state index in [4.69, 9.17) is 9.84 Å². The summed E-state index contributed by atoms with van der Waals surface area (Å²) in [5.74, 6) is -0.741. The SMILES string of the molecule is COCC(c1ccccc1)N(CCC(=O)O)C1CC1. The molecule has 1 aliphatic rings. The van der Waals surface area contributed by atoms with Gasteiger partial charge in [0.1, 0.15) is 0 Å². The van der Waals surface area contributed by atoms with Crippen LogP contribution in [0.2, 0.25) is 0 Å². The number of carboxylic acids is 1. The Morgan fingerprint density at radius 2 is 2.11 bits per heavy atom. The molecule has 1 unspecified atom stereocenters. The van der Waals surface area contributed by atoms with Gasteiger partial charge >= 0.3 is 5.97 Å². The van der Waals surface area contributed by atoms with Crippen molar-refractivity contribution >= 4 is 5.97 Å². The molecule has 0 amide bonds. The maximum atomic E-state index is 10.8. The van der Waals surface area contributed by atoms with Crippen molar-refractivity contribution in [2.45, 2.75) is 31.3 Å². The van der Waals surface area contributed by atoms with Gasteiger partial charge in [-0.1, -0.05) is 30.3 Å². The number of nitrogens with zero attached hydrogens (tertiary/aromatic N) is 1. The molecular formula is C15H21NO3. The van der Waals surface area contributed by atoms with Crippen LogP contribution in [0.3, 0.4) is 0 Å². The molecule has 0 bridgehead atoms. The Bertz CT molecular complexity index is 403. The summed E-state index contributed by atoms with van der Waals surface area (Å²) < 4.78 is 5.34. The van der Waals surface area contributed by atoms with Crippen molar-refractivity contribution in [1.29, 1.82) is 0 Å². The summed E-state index contributed by atoms with van der Waals surface area (Å²) >= 11 is 0. The third-order valence-corrected chi connectivity index (χ3v) is 3.51. The minimum atomic E-state index is -0.741. The molecule has 1 atom stereocenters. The number of carboxylic acid groups (broad SMARTS) is 1. The van der Waals surface area contributed by atoms with Crippen molar-refractivity contribution in [3.05, 3.63) is 35.9 Å². The van der Waals surface area contributed by atoms with Crippen LogP contribution in [0.15, 0.2) is 30.3 Å². The summed E-state index contributed by atoms with van der Waals surface area (Å²) in [6, 6.07) is 10.9. The van der Waals surface area contributed by atoms with Crippen molar-refractivity contribution < 1.29 is 14.6 Å². The highest BCUT2D eigenvalue weighted by Gasteiger charge is 2.34. The Kier molecular flexibility index (Phi) is 4.93. The van der Waals surface area contributed by atoms with Gasteiger partial charge in [-0.25, -0.2) is 0 Å². The third kappa shape index (κ3) is 4.04. The second kappa shape index (κ2) is 6.68. The number of benzene rings is 1. The number of ether oxygens (including phenoxy) is 1. The average Bonchev–Trinajstić information content (AvgIpc) is 3.23. The summed E-state index contributed by atoms with van der Waals surface area (Å²) in [7, 11) is 1.69. The van der Waals surface area contributed by atoms with Gasteiger partial charge in [0.05, 0.1) is 19.1 Å². The molecule has 0 aliphatic heterocycles. The monoisotopic (exact) mass is 263 g/mol. The number of carbonyl (C=O) groups is 1. The molecule has 1 saturated carbocycles. The summed E-state index contributed by atoms with van der Waals surface area (Å²) in [6.07, 6.45) is 2.50. The zero-order chi connectivity index (χ0) is 13.7. The van der Waals surface area contributed by atoms with E-state index in [9.17, 15) is 4.79 Å². The molecular weight excluding hydrogens is 242 g/mol. The minimum Gasteiger partial charge on any atom is -0.481 e. The number of hydrogen-bond acceptors (Lipinski definition) is 3. The van der Waals surface area contributed by atoms with Crippen molar-refractivity contribution in [2.75, 3.05) is 20.3 Å². The molecule has 4 nitrogen and oxygen atoms in total. The molecule has 1 fully saturated rings. The molecule has 1 aliphatic carbocycles. The second-order valence-electron chi connectivity index (χ2n) is 4.99. The van der Waals surface area contributed by atoms with Crippen molar-refractivity contribution in [3.8, 4) is 0 Å². The van der Waals surface area contributed by atoms with Gasteiger partial charge in [0.25, 0.3) is 0 Å². The summed E-state index contributed by atoms with van der Waals surface area (Å²) in [6.45, 7) is 1.18. The molecule has 1 aromatic carbocycles. The molecule has 1 aromatic rings. The number of methoxy groups -OCH3 is 1. The van der Waals surface area contributed by atoms with E-state index in [1.54, 1.807) is 7.11 Å². The lowest BCUT2D eigenvalue weighted by molar-refractivity contribution is -0.137. The average molecular weight is 263 g/mol. The molecule has 2 rings (SSSR count). The van der Waals surface area contributed by atoms with Gasteiger partial charge in [0.15, 0.2) is 0 Å². The van der Waals surface area contributed by atoms with Gasteiger partial charge in [-0.2, -0.15) is 0 Å². The van der Waals surface area contributed by atoms with E-state index in [1.165, 1.54) is 5.56 Å². The first-order valence-corrected chi connectivity index (χ1v) is 6.73. The van der Waals surface area contributed by atoms with Crippen LogP contribution in [0, 0.1) is 0 Å². The number of rotatable bonds is 8. The Balaban J connectivity index is 2.12. The third-order valence-electron chi connectivity index (χ3n) is 3.51. The summed E-state index contributed by atoms with van der Waals surface area (Å²) in [5, 5.41) is 8.89. The van der Waals surface area contributed by atoms with E-state index >= 15 is 0 Å². The van der Waals surface area contributed by atoms with Crippen LogP contribution < -0.4 is 0 Å². The van der Waals surface area contributed by atoms with Gasteiger partial charge in [0, 0.05) is 19.7 Å². The molecule has 0 saturated heterocycles. The van der Waals surface area contributed by atoms with Gasteiger partial charge < -0.3 is 9.84 Å². The first-order valence-electron chi connectivity index (χ1n) is 6.73. The lowest BCUT2D eigenvalue weighted by atomic mass is 10.1. The summed E-state index contributed by atoms with van der Waals surface area (Å²) in [5.41, 5.74) is 1.20. The number of hydrogen-bond donors (Lipinski definition) is 1. The van der Waals surface area contributed by atoms with E-state index in [0.717, 1.165) is 12.8 Å². The predicted octanol–water partition coefficient (Wildman–Crippen LogP) is 2.31. The lowest BCUT2D eigenvalue weighted by Crippen LogP contribution is -2.35. The smallest absolute Gasteiger partial charge is 0.304 e. The van der Waals surface area contributed by atoms with Gasteiger partial charge in [-0.3, -0.25) is 9.69 Å². The van der Waals surface area contributed by atoms with Crippen molar-refractivity contribution in [3.63, 3.8) is 0 Å². The highest BCUT2D eigenvalue weighted by atomic mass is 16.5. The van der Waals surface area contributed by atoms with Crippen LogP contribution in [0.1, 0.15) is 30.9 Å². The van der Waals surface area contributed by atoms with Gasteiger partial charge in [-0.05, 0) is 18.4 Å². The Morgan fingerprint density at radius 1 is 1.42 bits per heavy atom. The molecule has 19 heavy (non-hydrogen) atoms. The highest BCUT2D eigenvalue weighted by molar-refractivity contribution is 5.66.